The summed E-state index contributed by atoms with van der Waals surface area (Å²) in [6.45, 7) is 4.18. The van der Waals surface area contributed by atoms with Gasteiger partial charge in [0.25, 0.3) is 0 Å². The summed E-state index contributed by atoms with van der Waals surface area (Å²) < 4.78 is 30.7. The Hall–Kier alpha value is -2.54. The predicted molar refractivity (Wildman–Crippen MR) is 103 cm³/mol. The maximum atomic E-state index is 12.1. The first-order valence-electron chi connectivity index (χ1n) is 8.27. The normalized spacial score (nSPS) is 11.0. The molecule has 0 atom stereocenters. The molecule has 7 heteroatoms. The molecule has 0 heterocycles. The molecule has 26 heavy (non-hydrogen) atoms. The summed E-state index contributed by atoms with van der Waals surface area (Å²) in [6.07, 6.45) is 1.08. The molecule has 0 bridgehead atoms. The van der Waals surface area contributed by atoms with Crippen LogP contribution in [-0.2, 0) is 14.8 Å². The zero-order chi connectivity index (χ0) is 19.2. The smallest absolute Gasteiger partial charge is 0.240 e. The van der Waals surface area contributed by atoms with E-state index in [0.29, 0.717) is 18.8 Å². The molecule has 0 aliphatic heterocycles. The van der Waals surface area contributed by atoms with Crippen LogP contribution in [0.2, 0.25) is 0 Å². The molecule has 0 spiro atoms. The van der Waals surface area contributed by atoms with Gasteiger partial charge in [-0.3, -0.25) is 9.10 Å². The van der Waals surface area contributed by atoms with Crippen LogP contribution in [0.25, 0.3) is 0 Å². The van der Waals surface area contributed by atoms with Crippen LogP contribution in [0.4, 0.5) is 5.69 Å². The fourth-order valence-electron chi connectivity index (χ4n) is 2.37. The molecule has 140 valence electrons. The fraction of sp³-hybridized carbons (Fsp3) is 0.316. The molecular formula is C19H24N2O4S. The van der Waals surface area contributed by atoms with Crippen LogP contribution in [0.5, 0.6) is 5.75 Å². The third-order valence-corrected chi connectivity index (χ3v) is 4.93. The van der Waals surface area contributed by atoms with Gasteiger partial charge in [-0.05, 0) is 37.6 Å². The monoisotopic (exact) mass is 376 g/mol. The van der Waals surface area contributed by atoms with Gasteiger partial charge in [0.2, 0.25) is 15.9 Å². The van der Waals surface area contributed by atoms with Crippen LogP contribution < -0.4 is 14.4 Å². The Morgan fingerprint density at radius 1 is 1.08 bits per heavy atom. The number of hydrogen-bond donors (Lipinski definition) is 1. The summed E-state index contributed by atoms with van der Waals surface area (Å²) >= 11 is 0. The number of carbonyl (C=O) groups is 1. The van der Waals surface area contributed by atoms with Gasteiger partial charge in [0, 0.05) is 0 Å². The van der Waals surface area contributed by atoms with Crippen molar-refractivity contribution < 1.29 is 17.9 Å². The summed E-state index contributed by atoms with van der Waals surface area (Å²) in [6, 6.07) is 14.6. The van der Waals surface area contributed by atoms with E-state index >= 15 is 0 Å². The molecule has 1 amide bonds. The van der Waals surface area contributed by atoms with Gasteiger partial charge >= 0.3 is 0 Å². The molecule has 1 N–H and O–H groups in total. The van der Waals surface area contributed by atoms with Gasteiger partial charge < -0.3 is 10.1 Å². The van der Waals surface area contributed by atoms with Gasteiger partial charge in [-0.1, -0.05) is 35.9 Å². The molecule has 0 aliphatic rings. The van der Waals surface area contributed by atoms with Crippen molar-refractivity contribution in [3.63, 3.8) is 0 Å². The summed E-state index contributed by atoms with van der Waals surface area (Å²) in [5, 5.41) is 2.69. The van der Waals surface area contributed by atoms with Crippen molar-refractivity contribution >= 4 is 21.6 Å². The first kappa shape index (κ1) is 19.8. The highest BCUT2D eigenvalue weighted by atomic mass is 32.2. The summed E-state index contributed by atoms with van der Waals surface area (Å²) in [5.74, 6) is 0.378. The standard InChI is InChI=1S/C19H24N2O4S/c1-15-8-10-17(11-9-15)21(26(3,23)24)14-19(22)20-12-13-25-18-7-5-4-6-16(18)2/h4-11H,12-14H2,1-3H3,(H,20,22). The Kier molecular flexibility index (Phi) is 6.63. The predicted octanol–water partition coefficient (Wildman–Crippen LogP) is 2.26. The number of nitrogens with one attached hydrogen (secondary N) is 1. The number of benzene rings is 2. The van der Waals surface area contributed by atoms with Gasteiger partial charge in [-0.15, -0.1) is 0 Å². The third kappa shape index (κ3) is 5.77. The number of anilines is 1. The Morgan fingerprint density at radius 3 is 2.35 bits per heavy atom. The van der Waals surface area contributed by atoms with E-state index in [1.54, 1.807) is 24.3 Å². The summed E-state index contributed by atoms with van der Waals surface area (Å²) in [4.78, 5) is 12.1. The van der Waals surface area contributed by atoms with E-state index in [1.165, 1.54) is 0 Å². The van der Waals surface area contributed by atoms with Crippen LogP contribution in [0.1, 0.15) is 11.1 Å². The molecule has 0 radical (unpaired) electrons. The van der Waals surface area contributed by atoms with Crippen LogP contribution in [0.3, 0.4) is 0 Å². The van der Waals surface area contributed by atoms with Gasteiger partial charge in [-0.2, -0.15) is 0 Å². The molecule has 2 aromatic rings. The largest absolute Gasteiger partial charge is 0.491 e. The fourth-order valence-corrected chi connectivity index (χ4v) is 3.22. The lowest BCUT2D eigenvalue weighted by Gasteiger charge is -2.22. The van der Waals surface area contributed by atoms with Gasteiger partial charge in [0.1, 0.15) is 18.9 Å². The van der Waals surface area contributed by atoms with E-state index in [4.69, 9.17) is 4.74 Å². The van der Waals surface area contributed by atoms with E-state index in [-0.39, 0.29) is 12.5 Å². The SMILES string of the molecule is Cc1ccc(N(CC(=O)NCCOc2ccccc2C)S(C)(=O)=O)cc1. The third-order valence-electron chi connectivity index (χ3n) is 3.78. The Labute approximate surface area is 154 Å². The Morgan fingerprint density at radius 2 is 1.73 bits per heavy atom. The van der Waals surface area contributed by atoms with Crippen molar-refractivity contribution in [2.24, 2.45) is 0 Å². The molecule has 0 aliphatic carbocycles. The first-order valence-corrected chi connectivity index (χ1v) is 10.1. The minimum Gasteiger partial charge on any atom is -0.491 e. The molecule has 0 saturated carbocycles. The molecule has 0 fully saturated rings. The number of rotatable bonds is 8. The molecular weight excluding hydrogens is 352 g/mol. The molecule has 6 nitrogen and oxygen atoms in total. The van der Waals surface area contributed by atoms with Crippen LogP contribution in [-0.4, -0.2) is 40.3 Å². The highest BCUT2D eigenvalue weighted by molar-refractivity contribution is 7.92. The van der Waals surface area contributed by atoms with Crippen LogP contribution in [0, 0.1) is 13.8 Å². The minimum absolute atomic E-state index is 0.272. The van der Waals surface area contributed by atoms with E-state index in [1.807, 2.05) is 38.1 Å². The van der Waals surface area contributed by atoms with Crippen molar-refractivity contribution in [3.8, 4) is 5.75 Å². The molecule has 0 saturated heterocycles. The van der Waals surface area contributed by atoms with Crippen molar-refractivity contribution in [2.75, 3.05) is 30.3 Å². The van der Waals surface area contributed by atoms with Crippen molar-refractivity contribution in [2.45, 2.75) is 13.8 Å². The number of aryl methyl sites for hydroxylation is 2. The minimum atomic E-state index is -3.56. The lowest BCUT2D eigenvalue weighted by Crippen LogP contribution is -2.41. The lowest BCUT2D eigenvalue weighted by atomic mass is 10.2. The van der Waals surface area contributed by atoms with Gasteiger partial charge in [0.15, 0.2) is 0 Å². The molecule has 0 aromatic heterocycles. The number of hydrogen-bond acceptors (Lipinski definition) is 4. The second kappa shape index (κ2) is 8.71. The van der Waals surface area contributed by atoms with E-state index < -0.39 is 10.0 Å². The molecule has 0 unspecified atom stereocenters. The zero-order valence-electron chi connectivity index (χ0n) is 15.2. The van der Waals surface area contributed by atoms with Crippen molar-refractivity contribution in [1.82, 2.24) is 5.32 Å². The number of ether oxygens (including phenoxy) is 1. The molecule has 2 aromatic carbocycles. The number of amides is 1. The second-order valence-electron chi connectivity index (χ2n) is 6.07. The number of sulfonamides is 1. The van der Waals surface area contributed by atoms with E-state index in [0.717, 1.165) is 27.4 Å². The Bertz CT molecular complexity index is 848. The summed E-state index contributed by atoms with van der Waals surface area (Å²) in [7, 11) is -3.56. The van der Waals surface area contributed by atoms with E-state index in [9.17, 15) is 13.2 Å². The Balaban J connectivity index is 1.89. The van der Waals surface area contributed by atoms with Crippen LogP contribution in [0.15, 0.2) is 48.5 Å². The average molecular weight is 376 g/mol. The quantitative estimate of drug-likeness (QED) is 0.717. The van der Waals surface area contributed by atoms with Crippen molar-refractivity contribution in [3.05, 3.63) is 59.7 Å². The van der Waals surface area contributed by atoms with Crippen molar-refractivity contribution in [1.29, 1.82) is 0 Å². The number of carbonyl (C=O) groups excluding carboxylic acids is 1. The first-order chi connectivity index (χ1) is 12.3. The number of nitrogens with zero attached hydrogens (tertiary/aromatic N) is 1. The number of para-hydroxylation sites is 1. The zero-order valence-corrected chi connectivity index (χ0v) is 16.0. The second-order valence-corrected chi connectivity index (χ2v) is 7.98. The molecule has 2 rings (SSSR count). The average Bonchev–Trinajstić information content (AvgIpc) is 2.58. The van der Waals surface area contributed by atoms with E-state index in [2.05, 4.69) is 5.32 Å². The highest BCUT2D eigenvalue weighted by Gasteiger charge is 2.20. The van der Waals surface area contributed by atoms with Gasteiger partial charge in [0.05, 0.1) is 18.5 Å². The summed E-state index contributed by atoms with van der Waals surface area (Å²) in [5.41, 5.74) is 2.49. The lowest BCUT2D eigenvalue weighted by molar-refractivity contribution is -0.119. The maximum absolute atomic E-state index is 12.1. The van der Waals surface area contributed by atoms with Crippen LogP contribution >= 0.6 is 0 Å². The highest BCUT2D eigenvalue weighted by Crippen LogP contribution is 2.18. The maximum Gasteiger partial charge on any atom is 0.240 e. The topological polar surface area (TPSA) is 75.7 Å². The van der Waals surface area contributed by atoms with Gasteiger partial charge in [-0.25, -0.2) is 8.42 Å².